The average Bonchev–Trinajstić information content (AvgIpc) is 2.60. The topological polar surface area (TPSA) is 67.4 Å². The molecule has 2 rings (SSSR count). The minimum Gasteiger partial charge on any atom is -0.396 e. The fourth-order valence-electron chi connectivity index (χ4n) is 2.44. The van der Waals surface area contributed by atoms with E-state index in [2.05, 4.69) is 24.0 Å². The van der Waals surface area contributed by atoms with E-state index in [9.17, 15) is 4.79 Å². The maximum absolute atomic E-state index is 12.3. The van der Waals surface area contributed by atoms with E-state index < -0.39 is 0 Å². The summed E-state index contributed by atoms with van der Waals surface area (Å²) in [5, 5.41) is 4.05. The summed E-state index contributed by atoms with van der Waals surface area (Å²) in [6.07, 6.45) is 4.27. The van der Waals surface area contributed by atoms with E-state index in [-0.39, 0.29) is 18.5 Å². The number of hydrogen-bond donors (Lipinski definition) is 1. The zero-order valence-electron chi connectivity index (χ0n) is 11.0. The van der Waals surface area contributed by atoms with Gasteiger partial charge in [0.2, 0.25) is 5.91 Å². The molecule has 1 amide bonds. The van der Waals surface area contributed by atoms with Crippen LogP contribution in [0.2, 0.25) is 0 Å². The van der Waals surface area contributed by atoms with E-state index in [1.54, 1.807) is 17.1 Å². The maximum Gasteiger partial charge on any atom is 0.244 e. The fraction of sp³-hybridized carbons (Fsp3) is 0.667. The van der Waals surface area contributed by atoms with E-state index in [1.807, 2.05) is 4.90 Å². The molecule has 1 aromatic heterocycles. The van der Waals surface area contributed by atoms with E-state index in [1.165, 1.54) is 0 Å². The second kappa shape index (κ2) is 5.39. The number of rotatable bonds is 2. The molecule has 0 aliphatic carbocycles. The lowest BCUT2D eigenvalue weighted by Crippen LogP contribution is -2.43. The number of hydrogen-bond acceptors (Lipinski definition) is 4. The predicted molar refractivity (Wildman–Crippen MR) is 69.9 cm³/mol. The highest BCUT2D eigenvalue weighted by atomic mass is 16.2. The largest absolute Gasteiger partial charge is 0.396 e. The normalized spacial score (nSPS) is 21.9. The number of anilines is 1. The molecule has 1 aliphatic rings. The number of carbonyl (C=O) groups excluding carboxylic acids is 1. The number of nitrogens with zero attached hydrogens (tertiary/aromatic N) is 4. The molecule has 1 unspecified atom stereocenters. The van der Waals surface area contributed by atoms with Crippen LogP contribution in [0.4, 0.5) is 5.69 Å². The molecule has 1 atom stereocenters. The van der Waals surface area contributed by atoms with Gasteiger partial charge in [-0.3, -0.25) is 9.48 Å². The van der Waals surface area contributed by atoms with Gasteiger partial charge in [0.25, 0.3) is 0 Å². The first-order valence-corrected chi connectivity index (χ1v) is 6.32. The van der Waals surface area contributed by atoms with E-state index in [0.29, 0.717) is 5.69 Å². The average molecular weight is 251 g/mol. The third-order valence-corrected chi connectivity index (χ3v) is 3.32. The molecule has 18 heavy (non-hydrogen) atoms. The number of aromatic nitrogens is 2. The fourth-order valence-corrected chi connectivity index (χ4v) is 2.44. The summed E-state index contributed by atoms with van der Waals surface area (Å²) >= 11 is 0. The first-order chi connectivity index (χ1) is 8.56. The molecule has 2 heterocycles. The molecule has 0 spiro atoms. The van der Waals surface area contributed by atoms with Crippen molar-refractivity contribution in [3.05, 3.63) is 12.4 Å². The van der Waals surface area contributed by atoms with Crippen LogP contribution in [0.15, 0.2) is 12.4 Å². The quantitative estimate of drug-likeness (QED) is 0.804. The van der Waals surface area contributed by atoms with Crippen molar-refractivity contribution in [2.45, 2.75) is 25.9 Å². The lowest BCUT2D eigenvalue weighted by Gasteiger charge is -2.28. The van der Waals surface area contributed by atoms with Crippen LogP contribution in [0, 0.1) is 0 Å². The van der Waals surface area contributed by atoms with Crippen LogP contribution >= 0.6 is 0 Å². The Bertz CT molecular complexity index is 416. The second-order valence-corrected chi connectivity index (χ2v) is 5.02. The highest BCUT2D eigenvalue weighted by molar-refractivity contribution is 5.76. The van der Waals surface area contributed by atoms with Crippen molar-refractivity contribution in [1.82, 2.24) is 19.6 Å². The minimum absolute atomic E-state index is 0.112. The highest BCUT2D eigenvalue weighted by Gasteiger charge is 2.24. The molecule has 0 bridgehead atoms. The molecular formula is C12H21N5O. The van der Waals surface area contributed by atoms with Gasteiger partial charge in [0.15, 0.2) is 0 Å². The van der Waals surface area contributed by atoms with Gasteiger partial charge in [-0.1, -0.05) is 0 Å². The molecule has 1 fully saturated rings. The summed E-state index contributed by atoms with van der Waals surface area (Å²) in [7, 11) is 2.10. The number of amides is 1. The summed E-state index contributed by atoms with van der Waals surface area (Å²) in [5.74, 6) is 0.112. The van der Waals surface area contributed by atoms with Gasteiger partial charge in [0, 0.05) is 25.3 Å². The second-order valence-electron chi connectivity index (χ2n) is 5.02. The van der Waals surface area contributed by atoms with Gasteiger partial charge in [0.1, 0.15) is 6.54 Å². The third-order valence-electron chi connectivity index (χ3n) is 3.32. The summed E-state index contributed by atoms with van der Waals surface area (Å²) in [4.78, 5) is 16.5. The van der Waals surface area contributed by atoms with Crippen molar-refractivity contribution >= 4 is 11.6 Å². The molecule has 6 heteroatoms. The molecule has 1 aliphatic heterocycles. The molecular weight excluding hydrogens is 230 g/mol. The Morgan fingerprint density at radius 1 is 1.56 bits per heavy atom. The van der Waals surface area contributed by atoms with Crippen LogP contribution < -0.4 is 5.73 Å². The van der Waals surface area contributed by atoms with Crippen molar-refractivity contribution in [3.8, 4) is 0 Å². The summed E-state index contributed by atoms with van der Waals surface area (Å²) in [6.45, 7) is 5.15. The van der Waals surface area contributed by atoms with Crippen LogP contribution in [0.1, 0.15) is 13.3 Å². The lowest BCUT2D eigenvalue weighted by atomic mass is 10.2. The van der Waals surface area contributed by atoms with Crippen LogP contribution in [0.3, 0.4) is 0 Å². The van der Waals surface area contributed by atoms with Crippen LogP contribution in [-0.2, 0) is 11.3 Å². The number of likely N-dealkylation sites (N-methyl/N-ethyl adjacent to an activating group) is 1. The van der Waals surface area contributed by atoms with Gasteiger partial charge in [0.05, 0.1) is 11.9 Å². The predicted octanol–water partition coefficient (Wildman–Crippen LogP) is 0.0179. The monoisotopic (exact) mass is 251 g/mol. The Labute approximate surface area is 107 Å². The van der Waals surface area contributed by atoms with Crippen molar-refractivity contribution in [1.29, 1.82) is 0 Å². The number of carbonyl (C=O) groups is 1. The zero-order valence-corrected chi connectivity index (χ0v) is 11.0. The Kier molecular flexibility index (Phi) is 3.86. The molecule has 0 saturated carbocycles. The maximum atomic E-state index is 12.3. The van der Waals surface area contributed by atoms with Gasteiger partial charge in [-0.05, 0) is 26.9 Å². The Morgan fingerprint density at radius 2 is 2.33 bits per heavy atom. The number of nitrogen functional groups attached to an aromatic ring is 1. The van der Waals surface area contributed by atoms with E-state index in [4.69, 9.17) is 5.73 Å². The van der Waals surface area contributed by atoms with Crippen LogP contribution in [0.25, 0.3) is 0 Å². The summed E-state index contributed by atoms with van der Waals surface area (Å²) in [5.41, 5.74) is 6.18. The first-order valence-electron chi connectivity index (χ1n) is 6.32. The summed E-state index contributed by atoms with van der Waals surface area (Å²) in [6, 6.07) is 0.248. The molecule has 6 nitrogen and oxygen atoms in total. The lowest BCUT2D eigenvalue weighted by molar-refractivity contribution is -0.133. The van der Waals surface area contributed by atoms with Gasteiger partial charge >= 0.3 is 0 Å². The molecule has 0 radical (unpaired) electrons. The SMILES string of the molecule is CC1CN(C)CCCN1C(=O)Cn1cc(N)cn1. The van der Waals surface area contributed by atoms with E-state index in [0.717, 1.165) is 26.1 Å². The molecule has 2 N–H and O–H groups in total. The Morgan fingerprint density at radius 3 is 3.00 bits per heavy atom. The standard InChI is InChI=1S/C12H21N5O/c1-10-7-15(2)4-3-5-17(10)12(18)9-16-8-11(13)6-14-16/h6,8,10H,3-5,7,9,13H2,1-2H3. The zero-order chi connectivity index (χ0) is 13.1. The molecule has 1 aromatic rings. The Hall–Kier alpha value is -1.56. The van der Waals surface area contributed by atoms with Gasteiger partial charge in [-0.25, -0.2) is 0 Å². The smallest absolute Gasteiger partial charge is 0.244 e. The van der Waals surface area contributed by atoms with Crippen molar-refractivity contribution in [2.75, 3.05) is 32.4 Å². The van der Waals surface area contributed by atoms with Crippen molar-refractivity contribution in [2.24, 2.45) is 0 Å². The first kappa shape index (κ1) is 12.9. The highest BCUT2D eigenvalue weighted by Crippen LogP contribution is 2.10. The van der Waals surface area contributed by atoms with Crippen LogP contribution in [-0.4, -0.2) is 58.2 Å². The van der Waals surface area contributed by atoms with Crippen molar-refractivity contribution < 1.29 is 4.79 Å². The third kappa shape index (κ3) is 3.01. The van der Waals surface area contributed by atoms with Crippen LogP contribution in [0.5, 0.6) is 0 Å². The van der Waals surface area contributed by atoms with Gasteiger partial charge in [-0.15, -0.1) is 0 Å². The minimum atomic E-state index is 0.112. The number of nitrogens with two attached hydrogens (primary N) is 1. The van der Waals surface area contributed by atoms with Gasteiger partial charge < -0.3 is 15.5 Å². The molecule has 0 aromatic carbocycles. The summed E-state index contributed by atoms with van der Waals surface area (Å²) < 4.78 is 1.60. The van der Waals surface area contributed by atoms with E-state index >= 15 is 0 Å². The Balaban J connectivity index is 1.99. The van der Waals surface area contributed by atoms with Crippen molar-refractivity contribution in [3.63, 3.8) is 0 Å². The molecule has 100 valence electrons. The van der Waals surface area contributed by atoms with Gasteiger partial charge in [-0.2, -0.15) is 5.10 Å². The molecule has 1 saturated heterocycles.